The first-order valence-electron chi connectivity index (χ1n) is 9.51. The number of amides is 2. The maximum Gasteiger partial charge on any atom is 0.227 e. The highest BCUT2D eigenvalue weighted by Gasteiger charge is 2.31. The van der Waals surface area contributed by atoms with Crippen molar-refractivity contribution >= 4 is 17.9 Å². The van der Waals surface area contributed by atoms with Crippen LogP contribution in [0.15, 0.2) is 60.7 Å². The van der Waals surface area contributed by atoms with E-state index < -0.39 is 0 Å². The van der Waals surface area contributed by atoms with E-state index in [0.717, 1.165) is 11.1 Å². The van der Waals surface area contributed by atoms with Gasteiger partial charge in [-0.25, -0.2) is 4.39 Å². The van der Waals surface area contributed by atoms with Crippen molar-refractivity contribution in [2.75, 3.05) is 20.1 Å². The summed E-state index contributed by atoms with van der Waals surface area (Å²) in [5.74, 6) is -0.490. The number of carbonyl (C=O) groups excluding carboxylic acids is 2. The Bertz CT molecular complexity index is 851. The number of halogens is 1. The van der Waals surface area contributed by atoms with E-state index >= 15 is 0 Å². The van der Waals surface area contributed by atoms with Gasteiger partial charge in [0.25, 0.3) is 0 Å². The summed E-state index contributed by atoms with van der Waals surface area (Å²) >= 11 is 0. The van der Waals surface area contributed by atoms with Gasteiger partial charge in [0, 0.05) is 33.1 Å². The topological polar surface area (TPSA) is 40.6 Å². The molecule has 0 radical (unpaired) electrons. The number of likely N-dealkylation sites (N-methyl/N-ethyl adjacent to an activating group) is 1. The highest BCUT2D eigenvalue weighted by atomic mass is 19.1. The van der Waals surface area contributed by atoms with Crippen LogP contribution in [0, 0.1) is 11.7 Å². The van der Waals surface area contributed by atoms with Crippen LogP contribution in [0.4, 0.5) is 4.39 Å². The Hall–Kier alpha value is -2.95. The average molecular weight is 380 g/mol. The van der Waals surface area contributed by atoms with Gasteiger partial charge in [-0.15, -0.1) is 0 Å². The molecule has 0 unspecified atom stereocenters. The van der Waals surface area contributed by atoms with Crippen molar-refractivity contribution in [3.05, 3.63) is 77.6 Å². The second kappa shape index (κ2) is 9.31. The third-order valence-corrected chi connectivity index (χ3v) is 4.98. The van der Waals surface area contributed by atoms with Gasteiger partial charge >= 0.3 is 0 Å². The lowest BCUT2D eigenvalue weighted by Gasteiger charge is -2.33. The first-order chi connectivity index (χ1) is 13.5. The minimum absolute atomic E-state index is 0.0138. The number of piperidine rings is 1. The highest BCUT2D eigenvalue weighted by molar-refractivity contribution is 5.84. The quantitative estimate of drug-likeness (QED) is 0.766. The predicted molar refractivity (Wildman–Crippen MR) is 108 cm³/mol. The molecule has 2 amide bonds. The van der Waals surface area contributed by atoms with Crippen molar-refractivity contribution in [2.24, 2.45) is 5.92 Å². The Morgan fingerprint density at radius 1 is 1.21 bits per heavy atom. The highest BCUT2D eigenvalue weighted by Crippen LogP contribution is 2.22. The monoisotopic (exact) mass is 380 g/mol. The summed E-state index contributed by atoms with van der Waals surface area (Å²) in [6.07, 6.45) is 4.86. The average Bonchev–Trinajstić information content (AvgIpc) is 2.70. The van der Waals surface area contributed by atoms with Crippen molar-refractivity contribution in [3.63, 3.8) is 0 Å². The molecule has 1 aliphatic heterocycles. The van der Waals surface area contributed by atoms with E-state index in [-0.39, 0.29) is 23.5 Å². The van der Waals surface area contributed by atoms with Crippen LogP contribution >= 0.6 is 0 Å². The molecule has 1 heterocycles. The third-order valence-electron chi connectivity index (χ3n) is 4.98. The van der Waals surface area contributed by atoms with Crippen LogP contribution < -0.4 is 0 Å². The molecule has 146 valence electrons. The summed E-state index contributed by atoms with van der Waals surface area (Å²) in [4.78, 5) is 28.4. The van der Waals surface area contributed by atoms with Crippen molar-refractivity contribution in [1.82, 2.24) is 9.80 Å². The fourth-order valence-corrected chi connectivity index (χ4v) is 3.44. The molecule has 2 aromatic carbocycles. The number of likely N-dealkylation sites (tertiary alicyclic amines) is 1. The van der Waals surface area contributed by atoms with Crippen molar-refractivity contribution in [2.45, 2.75) is 19.4 Å². The molecular formula is C23H25FN2O2. The number of nitrogens with zero attached hydrogens (tertiary/aromatic N) is 2. The van der Waals surface area contributed by atoms with Crippen LogP contribution in [-0.2, 0) is 16.1 Å². The fourth-order valence-electron chi connectivity index (χ4n) is 3.44. The van der Waals surface area contributed by atoms with E-state index in [9.17, 15) is 14.0 Å². The van der Waals surface area contributed by atoms with Crippen LogP contribution in [0.3, 0.4) is 0 Å². The van der Waals surface area contributed by atoms with Crippen LogP contribution in [0.1, 0.15) is 24.0 Å². The van der Waals surface area contributed by atoms with Crippen LogP contribution in [-0.4, -0.2) is 41.8 Å². The molecule has 1 saturated heterocycles. The number of hydrogen-bond acceptors (Lipinski definition) is 2. The summed E-state index contributed by atoms with van der Waals surface area (Å²) in [6.45, 7) is 1.22. The molecule has 5 heteroatoms. The summed E-state index contributed by atoms with van der Waals surface area (Å²) in [5.41, 5.74) is 1.83. The first kappa shape index (κ1) is 19.8. The summed E-state index contributed by atoms with van der Waals surface area (Å²) < 4.78 is 13.4. The van der Waals surface area contributed by atoms with E-state index in [0.29, 0.717) is 32.5 Å². The molecule has 3 rings (SSSR count). The molecule has 0 saturated carbocycles. The number of benzene rings is 2. The van der Waals surface area contributed by atoms with Gasteiger partial charge in [0.15, 0.2) is 0 Å². The Balaban J connectivity index is 1.57. The molecule has 0 spiro atoms. The Morgan fingerprint density at radius 2 is 2.00 bits per heavy atom. The second-order valence-electron chi connectivity index (χ2n) is 7.17. The molecule has 0 aliphatic carbocycles. The molecule has 1 aliphatic rings. The fraction of sp³-hybridized carbons (Fsp3) is 0.304. The molecule has 4 nitrogen and oxygen atoms in total. The second-order valence-corrected chi connectivity index (χ2v) is 7.17. The number of rotatable bonds is 6. The van der Waals surface area contributed by atoms with Gasteiger partial charge in [-0.05, 0) is 29.7 Å². The number of carbonyl (C=O) groups is 2. The summed E-state index contributed by atoms with van der Waals surface area (Å²) in [6, 6.07) is 16.2. The minimum Gasteiger partial charge on any atom is -0.342 e. The lowest BCUT2D eigenvalue weighted by atomic mass is 9.95. The lowest BCUT2D eigenvalue weighted by Crippen LogP contribution is -2.45. The Labute approximate surface area is 165 Å². The van der Waals surface area contributed by atoms with Gasteiger partial charge < -0.3 is 9.80 Å². The summed E-state index contributed by atoms with van der Waals surface area (Å²) in [7, 11) is 1.78. The third kappa shape index (κ3) is 5.28. The van der Waals surface area contributed by atoms with Gasteiger partial charge in [0.05, 0.1) is 5.92 Å². The largest absolute Gasteiger partial charge is 0.342 e. The van der Waals surface area contributed by atoms with Crippen molar-refractivity contribution < 1.29 is 14.0 Å². The van der Waals surface area contributed by atoms with E-state index in [2.05, 4.69) is 0 Å². The smallest absolute Gasteiger partial charge is 0.227 e. The normalized spacial score (nSPS) is 17.1. The molecule has 1 fully saturated rings. The predicted octanol–water partition coefficient (Wildman–Crippen LogP) is 3.74. The zero-order valence-electron chi connectivity index (χ0n) is 16.1. The molecule has 0 bridgehead atoms. The van der Waals surface area contributed by atoms with E-state index in [1.807, 2.05) is 42.5 Å². The standard InChI is InChI=1S/C23H25FN2O2/c1-25(14-6-10-18-7-3-2-4-8-18)23(28)20-12-13-22(27)26(17-20)16-19-9-5-11-21(24)15-19/h2-11,15,20H,12-14,16-17H2,1H3/b10-6+/t20-/m0/s1. The minimum atomic E-state index is -0.320. The lowest BCUT2D eigenvalue weighted by molar-refractivity contribution is -0.142. The van der Waals surface area contributed by atoms with Crippen molar-refractivity contribution in [1.29, 1.82) is 0 Å². The van der Waals surface area contributed by atoms with E-state index in [4.69, 9.17) is 0 Å². The molecular weight excluding hydrogens is 355 g/mol. The SMILES string of the molecule is CN(C/C=C/c1ccccc1)C(=O)[C@H]1CCC(=O)N(Cc2cccc(F)c2)C1. The molecule has 0 N–H and O–H groups in total. The van der Waals surface area contributed by atoms with E-state index in [1.54, 1.807) is 29.0 Å². The van der Waals surface area contributed by atoms with Crippen molar-refractivity contribution in [3.8, 4) is 0 Å². The van der Waals surface area contributed by atoms with Gasteiger partial charge in [-0.2, -0.15) is 0 Å². The van der Waals surface area contributed by atoms with Crippen LogP contribution in [0.2, 0.25) is 0 Å². The molecule has 0 aromatic heterocycles. The number of hydrogen-bond donors (Lipinski definition) is 0. The van der Waals surface area contributed by atoms with Gasteiger partial charge in [-0.3, -0.25) is 9.59 Å². The Morgan fingerprint density at radius 3 is 2.75 bits per heavy atom. The van der Waals surface area contributed by atoms with Gasteiger partial charge in [0.2, 0.25) is 11.8 Å². The molecule has 2 aromatic rings. The first-order valence-corrected chi connectivity index (χ1v) is 9.51. The van der Waals surface area contributed by atoms with E-state index in [1.165, 1.54) is 12.1 Å². The zero-order valence-corrected chi connectivity index (χ0v) is 16.1. The molecule has 1 atom stereocenters. The zero-order chi connectivity index (χ0) is 19.9. The molecule has 28 heavy (non-hydrogen) atoms. The maximum absolute atomic E-state index is 13.4. The summed E-state index contributed by atoms with van der Waals surface area (Å²) in [5, 5.41) is 0. The van der Waals surface area contributed by atoms with Gasteiger partial charge in [-0.1, -0.05) is 54.6 Å². The maximum atomic E-state index is 13.4. The van der Waals surface area contributed by atoms with Crippen LogP contribution in [0.25, 0.3) is 6.08 Å². The van der Waals surface area contributed by atoms with Gasteiger partial charge in [0.1, 0.15) is 5.82 Å². The van der Waals surface area contributed by atoms with Crippen LogP contribution in [0.5, 0.6) is 0 Å². The Kier molecular flexibility index (Phi) is 6.58.